The summed E-state index contributed by atoms with van der Waals surface area (Å²) in [6, 6.07) is 19.6. The average Bonchev–Trinajstić information content (AvgIpc) is 3.20. The van der Waals surface area contributed by atoms with E-state index in [1.807, 2.05) is 72.2 Å². The monoisotopic (exact) mass is 458 g/mol. The summed E-state index contributed by atoms with van der Waals surface area (Å²) in [6.45, 7) is 8.54. The number of aromatic nitrogens is 1. The smallest absolute Gasteiger partial charge is 0.339 e. The highest BCUT2D eigenvalue weighted by Crippen LogP contribution is 2.31. The summed E-state index contributed by atoms with van der Waals surface area (Å²) >= 11 is 0. The molecule has 0 spiro atoms. The highest BCUT2D eigenvalue weighted by molar-refractivity contribution is 5.96. The molecule has 1 heterocycles. The van der Waals surface area contributed by atoms with Crippen molar-refractivity contribution in [2.24, 2.45) is 11.8 Å². The third-order valence-corrected chi connectivity index (χ3v) is 7.20. The summed E-state index contributed by atoms with van der Waals surface area (Å²) in [5.74, 6) is 0.682. The molecular formula is C29H34N2O3. The first-order valence-electron chi connectivity index (χ1n) is 12.3. The molecular weight excluding hydrogens is 424 g/mol. The largest absolute Gasteiger partial charge is 0.462 e. The Morgan fingerprint density at radius 3 is 2.53 bits per heavy atom. The second-order valence-electron chi connectivity index (χ2n) is 9.35. The van der Waals surface area contributed by atoms with Gasteiger partial charge in [-0.3, -0.25) is 4.79 Å². The van der Waals surface area contributed by atoms with Crippen LogP contribution in [0.15, 0.2) is 60.7 Å². The van der Waals surface area contributed by atoms with E-state index in [-0.39, 0.29) is 17.9 Å². The van der Waals surface area contributed by atoms with E-state index in [2.05, 4.69) is 19.2 Å². The van der Waals surface area contributed by atoms with Crippen LogP contribution < -0.4 is 5.32 Å². The topological polar surface area (TPSA) is 60.3 Å². The standard InChI is InChI=1S/C29H34N2O3/c1-5-34-29(33)25-18-27(22-12-7-6-8-13-22)31(21(25)4)24-15-10-14-23(17-24)28(32)30-26-16-9-11-19(2)20(26)3/h6-8,10,12-15,17-20,26H,5,9,11,16H2,1-4H3,(H,30,32)/t19-,20-,26+/m0/s1. The molecule has 1 amide bonds. The number of ether oxygens (including phenoxy) is 1. The lowest BCUT2D eigenvalue weighted by atomic mass is 9.78. The Morgan fingerprint density at radius 1 is 1.03 bits per heavy atom. The van der Waals surface area contributed by atoms with E-state index in [0.29, 0.717) is 29.6 Å². The summed E-state index contributed by atoms with van der Waals surface area (Å²) in [6.07, 6.45) is 3.39. The molecule has 178 valence electrons. The van der Waals surface area contributed by atoms with Crippen molar-refractivity contribution in [2.45, 2.75) is 53.0 Å². The van der Waals surface area contributed by atoms with Gasteiger partial charge in [0, 0.05) is 23.0 Å². The minimum atomic E-state index is -0.342. The van der Waals surface area contributed by atoms with Crippen LogP contribution >= 0.6 is 0 Å². The first-order valence-corrected chi connectivity index (χ1v) is 12.3. The summed E-state index contributed by atoms with van der Waals surface area (Å²) in [4.78, 5) is 25.8. The van der Waals surface area contributed by atoms with E-state index in [9.17, 15) is 9.59 Å². The maximum Gasteiger partial charge on any atom is 0.339 e. The maximum atomic E-state index is 13.2. The van der Waals surface area contributed by atoms with Crippen molar-refractivity contribution in [2.75, 3.05) is 6.61 Å². The Kier molecular flexibility index (Phi) is 7.20. The van der Waals surface area contributed by atoms with E-state index in [4.69, 9.17) is 4.74 Å². The second-order valence-corrected chi connectivity index (χ2v) is 9.35. The Morgan fingerprint density at radius 2 is 1.79 bits per heavy atom. The predicted octanol–water partition coefficient (Wildman–Crippen LogP) is 6.18. The lowest BCUT2D eigenvalue weighted by molar-refractivity contribution is 0.0525. The molecule has 3 aromatic rings. The predicted molar refractivity (Wildman–Crippen MR) is 135 cm³/mol. The molecule has 5 heteroatoms. The van der Waals surface area contributed by atoms with Crippen molar-refractivity contribution in [3.8, 4) is 16.9 Å². The van der Waals surface area contributed by atoms with Crippen LogP contribution in [0.1, 0.15) is 66.4 Å². The van der Waals surface area contributed by atoms with Gasteiger partial charge in [0.25, 0.3) is 5.91 Å². The summed E-state index contributed by atoms with van der Waals surface area (Å²) < 4.78 is 7.33. The molecule has 1 aliphatic rings. The molecule has 1 N–H and O–H groups in total. The average molecular weight is 459 g/mol. The first-order chi connectivity index (χ1) is 16.4. The van der Waals surface area contributed by atoms with Crippen molar-refractivity contribution in [1.29, 1.82) is 0 Å². The van der Waals surface area contributed by atoms with Crippen LogP contribution in [-0.4, -0.2) is 29.1 Å². The fourth-order valence-electron chi connectivity index (χ4n) is 5.00. The van der Waals surface area contributed by atoms with Gasteiger partial charge in [0.15, 0.2) is 0 Å². The highest BCUT2D eigenvalue weighted by Gasteiger charge is 2.28. The lowest BCUT2D eigenvalue weighted by Gasteiger charge is -2.34. The van der Waals surface area contributed by atoms with Crippen LogP contribution in [0, 0.1) is 18.8 Å². The van der Waals surface area contributed by atoms with Crippen LogP contribution in [0.3, 0.4) is 0 Å². The minimum Gasteiger partial charge on any atom is -0.462 e. The van der Waals surface area contributed by atoms with E-state index < -0.39 is 0 Å². The van der Waals surface area contributed by atoms with Crippen molar-refractivity contribution in [1.82, 2.24) is 9.88 Å². The second kappa shape index (κ2) is 10.3. The number of carbonyl (C=O) groups is 2. The molecule has 0 saturated heterocycles. The Labute approximate surface area is 202 Å². The minimum absolute atomic E-state index is 0.0514. The number of hydrogen-bond acceptors (Lipinski definition) is 3. The van der Waals surface area contributed by atoms with Crippen molar-refractivity contribution in [3.63, 3.8) is 0 Å². The fraction of sp³-hybridized carbons (Fsp3) is 0.379. The summed E-state index contributed by atoms with van der Waals surface area (Å²) in [7, 11) is 0. The van der Waals surface area contributed by atoms with Crippen LogP contribution in [0.25, 0.3) is 16.9 Å². The van der Waals surface area contributed by atoms with Gasteiger partial charge in [-0.15, -0.1) is 0 Å². The zero-order valence-electron chi connectivity index (χ0n) is 20.5. The van der Waals surface area contributed by atoms with E-state index >= 15 is 0 Å². The third-order valence-electron chi connectivity index (χ3n) is 7.20. The third kappa shape index (κ3) is 4.79. The Hall–Kier alpha value is -3.34. The molecule has 1 aromatic heterocycles. The number of benzene rings is 2. The van der Waals surface area contributed by atoms with Crippen molar-refractivity contribution in [3.05, 3.63) is 77.5 Å². The van der Waals surface area contributed by atoms with Gasteiger partial charge >= 0.3 is 5.97 Å². The number of hydrogen-bond donors (Lipinski definition) is 1. The molecule has 0 aliphatic heterocycles. The maximum absolute atomic E-state index is 13.2. The molecule has 1 fully saturated rings. The summed E-state index contributed by atoms with van der Waals surface area (Å²) in [5.41, 5.74) is 4.64. The molecule has 4 rings (SSSR count). The van der Waals surface area contributed by atoms with Gasteiger partial charge in [-0.05, 0) is 61.9 Å². The fourth-order valence-corrected chi connectivity index (χ4v) is 5.00. The van der Waals surface area contributed by atoms with Crippen LogP contribution in [0.5, 0.6) is 0 Å². The van der Waals surface area contributed by atoms with Gasteiger partial charge in [-0.25, -0.2) is 4.79 Å². The first kappa shape index (κ1) is 23.8. The Balaban J connectivity index is 1.71. The van der Waals surface area contributed by atoms with Gasteiger partial charge in [-0.2, -0.15) is 0 Å². The Bertz CT molecular complexity index is 1170. The number of amides is 1. The number of nitrogens with one attached hydrogen (secondary N) is 1. The van der Waals surface area contributed by atoms with Gasteiger partial charge in [0.1, 0.15) is 0 Å². The molecule has 5 nitrogen and oxygen atoms in total. The van der Waals surface area contributed by atoms with E-state index in [0.717, 1.165) is 35.5 Å². The quantitative estimate of drug-likeness (QED) is 0.449. The van der Waals surface area contributed by atoms with Gasteiger partial charge < -0.3 is 14.6 Å². The number of nitrogens with zero attached hydrogens (tertiary/aromatic N) is 1. The van der Waals surface area contributed by atoms with Gasteiger partial charge in [-0.1, -0.05) is 63.1 Å². The highest BCUT2D eigenvalue weighted by atomic mass is 16.5. The number of esters is 1. The zero-order valence-corrected chi connectivity index (χ0v) is 20.5. The normalized spacial score (nSPS) is 20.1. The van der Waals surface area contributed by atoms with E-state index in [1.165, 1.54) is 6.42 Å². The molecule has 1 saturated carbocycles. The van der Waals surface area contributed by atoms with Gasteiger partial charge in [0.2, 0.25) is 0 Å². The molecule has 1 aliphatic carbocycles. The summed E-state index contributed by atoms with van der Waals surface area (Å²) in [5, 5.41) is 3.27. The van der Waals surface area contributed by atoms with E-state index in [1.54, 1.807) is 6.92 Å². The van der Waals surface area contributed by atoms with Crippen LogP contribution in [0.2, 0.25) is 0 Å². The number of carbonyl (C=O) groups excluding carboxylic acids is 2. The van der Waals surface area contributed by atoms with Crippen molar-refractivity contribution >= 4 is 11.9 Å². The van der Waals surface area contributed by atoms with Gasteiger partial charge in [0.05, 0.1) is 17.9 Å². The molecule has 0 unspecified atom stereocenters. The SMILES string of the molecule is CCOC(=O)c1cc(-c2ccccc2)n(-c2cccc(C(=O)N[C@@H]3CCC[C@H](C)[C@@H]3C)c2)c1C. The molecule has 3 atom stereocenters. The molecule has 2 aromatic carbocycles. The van der Waals surface area contributed by atoms with Crippen LogP contribution in [-0.2, 0) is 4.74 Å². The zero-order chi connectivity index (χ0) is 24.2. The van der Waals surface area contributed by atoms with Crippen LogP contribution in [0.4, 0.5) is 0 Å². The molecule has 0 radical (unpaired) electrons. The van der Waals surface area contributed by atoms with Crippen molar-refractivity contribution < 1.29 is 14.3 Å². The number of rotatable bonds is 6. The lowest BCUT2D eigenvalue weighted by Crippen LogP contribution is -2.43. The molecule has 34 heavy (non-hydrogen) atoms. The molecule has 0 bridgehead atoms.